The number of hydrogen-bond donors (Lipinski definition) is 2. The first-order valence-corrected chi connectivity index (χ1v) is 12.8. The molecule has 9 nitrogen and oxygen atoms in total. The van der Waals surface area contributed by atoms with Crippen LogP contribution in [0, 0.1) is 17.8 Å². The number of benzene rings is 1. The number of nitrogens with two attached hydrogens (primary N) is 1. The van der Waals surface area contributed by atoms with E-state index in [1.165, 1.54) is 18.2 Å². The topological polar surface area (TPSA) is 138 Å². The molecular formula is C22H17BrCl3N3O6. The lowest BCUT2D eigenvalue weighted by Crippen LogP contribution is -2.60. The monoisotopic (exact) mass is 603 g/mol. The van der Waals surface area contributed by atoms with E-state index in [2.05, 4.69) is 15.9 Å². The Hall–Kier alpha value is -2.14. The van der Waals surface area contributed by atoms with E-state index in [4.69, 9.17) is 40.5 Å². The average Bonchev–Trinajstić information content (AvgIpc) is 3.13. The number of aromatic hydroxyl groups is 1. The maximum atomic E-state index is 13.6. The molecule has 0 aromatic heterocycles. The number of carbonyl (C=O) groups is 5. The molecule has 6 amide bonds. The first-order valence-electron chi connectivity index (χ1n) is 10.6. The molecule has 2 heterocycles. The van der Waals surface area contributed by atoms with Crippen LogP contribution < -0.4 is 5.73 Å². The molecule has 2 aliphatic carbocycles. The van der Waals surface area contributed by atoms with E-state index in [-0.39, 0.29) is 29.1 Å². The number of fused-ring (bicyclic) bond motifs is 4. The Morgan fingerprint density at radius 2 is 1.83 bits per heavy atom. The summed E-state index contributed by atoms with van der Waals surface area (Å²) in [6.07, 6.45) is 1.56. The third-order valence-electron chi connectivity index (χ3n) is 7.53. The standard InChI is InChI=1S/C22H17BrCl3N3O6/c23-7-28-18(33)21(25)6-12-9(3-4-11-14(12)17(32)29(16(11)31)20(27)35)15(22(21,26)19(28)34)10-2-1-8(30)5-13(10)24/h1-3,5,11-12,14-15,30H,4,6-7H2,(H2,27,35)/t11-,12+,14-,15+,21+,22-/m0/s1. The number of likely N-dealkylation sites (tertiary alicyclic amines) is 2. The van der Waals surface area contributed by atoms with E-state index in [0.717, 1.165) is 4.90 Å². The Labute approximate surface area is 222 Å². The second-order valence-electron chi connectivity index (χ2n) is 9.04. The van der Waals surface area contributed by atoms with E-state index < -0.39 is 63.1 Å². The number of urea groups is 1. The maximum absolute atomic E-state index is 13.6. The number of imide groups is 4. The number of halogens is 4. The molecule has 2 aliphatic heterocycles. The molecule has 3 N–H and O–H groups in total. The fraction of sp³-hybridized carbons (Fsp3) is 0.409. The summed E-state index contributed by atoms with van der Waals surface area (Å²) in [6.45, 7) is 0. The smallest absolute Gasteiger partial charge is 0.328 e. The van der Waals surface area contributed by atoms with Gasteiger partial charge < -0.3 is 10.8 Å². The largest absolute Gasteiger partial charge is 0.508 e. The molecule has 0 unspecified atom stereocenters. The molecule has 35 heavy (non-hydrogen) atoms. The second-order valence-corrected chi connectivity index (χ2v) is 11.2. The van der Waals surface area contributed by atoms with Crippen molar-refractivity contribution >= 4 is 80.4 Å². The number of allylic oxidation sites excluding steroid dienone is 2. The summed E-state index contributed by atoms with van der Waals surface area (Å²) >= 11 is 23.7. The van der Waals surface area contributed by atoms with Gasteiger partial charge in [0.25, 0.3) is 11.8 Å². The average molecular weight is 606 g/mol. The highest BCUT2D eigenvalue weighted by molar-refractivity contribution is 9.09. The third-order valence-corrected chi connectivity index (χ3v) is 9.77. The molecule has 6 atom stereocenters. The number of amides is 6. The van der Waals surface area contributed by atoms with Gasteiger partial charge in [-0.15, -0.1) is 23.2 Å². The van der Waals surface area contributed by atoms with Crippen LogP contribution in [0.5, 0.6) is 5.75 Å². The van der Waals surface area contributed by atoms with Crippen LogP contribution in [0.3, 0.4) is 0 Å². The highest BCUT2D eigenvalue weighted by Crippen LogP contribution is 2.66. The zero-order valence-electron chi connectivity index (χ0n) is 17.7. The van der Waals surface area contributed by atoms with Gasteiger partial charge in [0.05, 0.1) is 17.3 Å². The second kappa shape index (κ2) is 7.93. The molecule has 4 aliphatic rings. The Bertz CT molecular complexity index is 1270. The van der Waals surface area contributed by atoms with E-state index in [1.807, 2.05) is 0 Å². The Morgan fingerprint density at radius 3 is 2.43 bits per heavy atom. The van der Waals surface area contributed by atoms with Crippen LogP contribution in [-0.4, -0.2) is 59.8 Å². The Balaban J connectivity index is 1.75. The van der Waals surface area contributed by atoms with Crippen LogP contribution in [-0.2, 0) is 19.2 Å². The number of rotatable bonds is 2. The van der Waals surface area contributed by atoms with Gasteiger partial charge in [-0.1, -0.05) is 45.2 Å². The van der Waals surface area contributed by atoms with Crippen molar-refractivity contribution in [1.29, 1.82) is 0 Å². The molecule has 0 radical (unpaired) electrons. The summed E-state index contributed by atoms with van der Waals surface area (Å²) in [7, 11) is 0. The van der Waals surface area contributed by atoms with Crippen LogP contribution in [0.25, 0.3) is 0 Å². The summed E-state index contributed by atoms with van der Waals surface area (Å²) in [5, 5.41) is 9.96. The normalized spacial score (nSPS) is 36.2. The SMILES string of the molecule is NC(=O)N1C(=O)[C@H]2[C@H](CC=C3[C@H]2C[C@@]2(Cl)C(=O)N(CBr)C(=O)[C@@]2(Cl)[C@H]3c2ccc(O)cc2Cl)C1=O. The highest BCUT2D eigenvalue weighted by Gasteiger charge is 2.76. The number of phenolic OH excluding ortho intramolecular Hbond substituents is 1. The van der Waals surface area contributed by atoms with E-state index in [0.29, 0.717) is 16.0 Å². The molecule has 3 fully saturated rings. The molecule has 0 spiro atoms. The number of alkyl halides is 3. The fourth-order valence-electron chi connectivity index (χ4n) is 6.07. The van der Waals surface area contributed by atoms with Crippen molar-refractivity contribution in [2.45, 2.75) is 28.5 Å². The van der Waals surface area contributed by atoms with Gasteiger partial charge in [0, 0.05) is 10.9 Å². The summed E-state index contributed by atoms with van der Waals surface area (Å²) in [5.41, 5.74) is 5.96. The van der Waals surface area contributed by atoms with Crippen LogP contribution in [0.4, 0.5) is 4.79 Å². The predicted molar refractivity (Wildman–Crippen MR) is 128 cm³/mol. The number of nitrogens with zero attached hydrogens (tertiary/aromatic N) is 2. The summed E-state index contributed by atoms with van der Waals surface area (Å²) in [5.74, 6) is -6.89. The van der Waals surface area contributed by atoms with E-state index >= 15 is 0 Å². The van der Waals surface area contributed by atoms with Gasteiger partial charge in [-0.2, -0.15) is 4.90 Å². The molecule has 1 saturated carbocycles. The minimum atomic E-state index is -2.01. The van der Waals surface area contributed by atoms with Gasteiger partial charge in [-0.05, 0) is 36.5 Å². The van der Waals surface area contributed by atoms with Crippen molar-refractivity contribution in [2.24, 2.45) is 23.5 Å². The van der Waals surface area contributed by atoms with Crippen molar-refractivity contribution < 1.29 is 29.1 Å². The maximum Gasteiger partial charge on any atom is 0.328 e. The summed E-state index contributed by atoms with van der Waals surface area (Å²) in [4.78, 5) is 62.2. The van der Waals surface area contributed by atoms with Crippen molar-refractivity contribution in [3.63, 3.8) is 0 Å². The van der Waals surface area contributed by atoms with Gasteiger partial charge in [0.1, 0.15) is 5.75 Å². The molecule has 13 heteroatoms. The van der Waals surface area contributed by atoms with Crippen LogP contribution >= 0.6 is 50.7 Å². The van der Waals surface area contributed by atoms with Crippen molar-refractivity contribution in [1.82, 2.24) is 9.80 Å². The van der Waals surface area contributed by atoms with Crippen LogP contribution in [0.15, 0.2) is 29.8 Å². The van der Waals surface area contributed by atoms with Crippen molar-refractivity contribution in [3.8, 4) is 5.75 Å². The fourth-order valence-corrected chi connectivity index (χ4v) is 7.77. The minimum Gasteiger partial charge on any atom is -0.508 e. The molecule has 0 bridgehead atoms. The van der Waals surface area contributed by atoms with Gasteiger partial charge in [0.2, 0.25) is 11.8 Å². The van der Waals surface area contributed by atoms with Gasteiger partial charge >= 0.3 is 6.03 Å². The number of phenols is 1. The first-order chi connectivity index (χ1) is 16.4. The lowest BCUT2D eigenvalue weighted by molar-refractivity contribution is -0.139. The molecule has 1 aromatic carbocycles. The Kier molecular flexibility index (Phi) is 5.56. The molecule has 184 valence electrons. The lowest BCUT2D eigenvalue weighted by Gasteiger charge is -2.50. The van der Waals surface area contributed by atoms with Gasteiger partial charge in [0.15, 0.2) is 9.75 Å². The number of hydrogen-bond acceptors (Lipinski definition) is 6. The van der Waals surface area contributed by atoms with Crippen molar-refractivity contribution in [3.05, 3.63) is 40.4 Å². The first kappa shape index (κ1) is 24.5. The molecule has 1 aromatic rings. The molecule has 5 rings (SSSR count). The zero-order chi connectivity index (χ0) is 25.6. The lowest BCUT2D eigenvalue weighted by atomic mass is 9.56. The predicted octanol–water partition coefficient (Wildman–Crippen LogP) is 2.84. The van der Waals surface area contributed by atoms with Gasteiger partial charge in [-0.25, -0.2) is 4.79 Å². The minimum absolute atomic E-state index is 0.0721. The summed E-state index contributed by atoms with van der Waals surface area (Å²) < 4.78 is 0. The zero-order valence-corrected chi connectivity index (χ0v) is 21.6. The van der Waals surface area contributed by atoms with Crippen molar-refractivity contribution in [2.75, 3.05) is 5.45 Å². The molecular weight excluding hydrogens is 589 g/mol. The Morgan fingerprint density at radius 1 is 1.14 bits per heavy atom. The van der Waals surface area contributed by atoms with E-state index in [9.17, 15) is 29.1 Å². The van der Waals surface area contributed by atoms with E-state index in [1.54, 1.807) is 6.08 Å². The number of primary amides is 1. The van der Waals surface area contributed by atoms with Crippen LogP contribution in [0.1, 0.15) is 24.3 Å². The quantitative estimate of drug-likeness (QED) is 0.230. The molecule has 2 saturated heterocycles. The highest BCUT2D eigenvalue weighted by atomic mass is 79.9. The number of carbonyl (C=O) groups excluding carboxylic acids is 5. The van der Waals surface area contributed by atoms with Crippen LogP contribution in [0.2, 0.25) is 5.02 Å². The van der Waals surface area contributed by atoms with Gasteiger partial charge in [-0.3, -0.25) is 24.1 Å². The summed E-state index contributed by atoms with van der Waals surface area (Å²) in [6, 6.07) is 2.92. The third kappa shape index (κ3) is 2.97.